The van der Waals surface area contributed by atoms with Crippen LogP contribution in [0.2, 0.25) is 0 Å². The lowest BCUT2D eigenvalue weighted by molar-refractivity contribution is -0.138. The first-order valence-electron chi connectivity index (χ1n) is 8.35. The molecular formula is C18H17F3N4O2S. The number of carbonyl (C=O) groups is 1. The van der Waals surface area contributed by atoms with Crippen molar-refractivity contribution < 1.29 is 22.4 Å². The molecule has 0 atom stereocenters. The van der Waals surface area contributed by atoms with E-state index in [0.717, 1.165) is 17.8 Å². The Bertz CT molecular complexity index is 939. The van der Waals surface area contributed by atoms with Crippen LogP contribution in [0.25, 0.3) is 0 Å². The smallest absolute Gasteiger partial charge is 0.416 e. The minimum absolute atomic E-state index is 0.0712. The summed E-state index contributed by atoms with van der Waals surface area (Å²) in [6.45, 7) is 0.303. The summed E-state index contributed by atoms with van der Waals surface area (Å²) >= 11 is 1.14. The highest BCUT2D eigenvalue weighted by molar-refractivity contribution is 7.98. The highest BCUT2D eigenvalue weighted by Gasteiger charge is 2.32. The third-order valence-electron chi connectivity index (χ3n) is 3.96. The van der Waals surface area contributed by atoms with Crippen molar-refractivity contribution in [3.63, 3.8) is 0 Å². The monoisotopic (exact) mass is 410 g/mol. The number of aryl methyl sites for hydroxylation is 1. The van der Waals surface area contributed by atoms with E-state index in [-0.39, 0.29) is 24.2 Å². The number of hydrogen-bond donors (Lipinski definition) is 1. The van der Waals surface area contributed by atoms with E-state index >= 15 is 0 Å². The Balaban J connectivity index is 1.83. The number of nitrogens with two attached hydrogens (primary N) is 1. The van der Waals surface area contributed by atoms with Gasteiger partial charge in [0.1, 0.15) is 11.6 Å². The van der Waals surface area contributed by atoms with Crippen LogP contribution in [0.15, 0.2) is 52.2 Å². The van der Waals surface area contributed by atoms with Gasteiger partial charge in [-0.15, -0.1) is 10.2 Å². The average Bonchev–Trinajstić information content (AvgIpc) is 3.28. The number of aromatic nitrogens is 3. The van der Waals surface area contributed by atoms with Crippen LogP contribution >= 0.6 is 11.8 Å². The number of primary amides is 1. The molecule has 10 heteroatoms. The van der Waals surface area contributed by atoms with E-state index < -0.39 is 17.6 Å². The fourth-order valence-corrected chi connectivity index (χ4v) is 3.59. The van der Waals surface area contributed by atoms with Crippen molar-refractivity contribution in [2.45, 2.75) is 36.5 Å². The molecule has 2 aromatic heterocycles. The van der Waals surface area contributed by atoms with E-state index in [1.807, 2.05) is 0 Å². The fraction of sp³-hybridized carbons (Fsp3) is 0.278. The Labute approximate surface area is 162 Å². The highest BCUT2D eigenvalue weighted by Crippen LogP contribution is 2.34. The van der Waals surface area contributed by atoms with Crippen LogP contribution in [0.5, 0.6) is 0 Å². The molecule has 3 rings (SSSR count). The summed E-state index contributed by atoms with van der Waals surface area (Å²) in [6.07, 6.45) is -2.53. The van der Waals surface area contributed by atoms with Gasteiger partial charge in [0.15, 0.2) is 5.16 Å². The third-order valence-corrected chi connectivity index (χ3v) is 4.98. The van der Waals surface area contributed by atoms with Gasteiger partial charge in [0.25, 0.3) is 0 Å². The zero-order valence-corrected chi connectivity index (χ0v) is 15.5. The van der Waals surface area contributed by atoms with E-state index in [1.165, 1.54) is 18.4 Å². The molecule has 0 aliphatic heterocycles. The number of benzene rings is 1. The zero-order valence-electron chi connectivity index (χ0n) is 14.6. The predicted molar refractivity (Wildman–Crippen MR) is 96.4 cm³/mol. The molecule has 0 bridgehead atoms. The predicted octanol–water partition coefficient (Wildman–Crippen LogP) is 3.65. The van der Waals surface area contributed by atoms with Gasteiger partial charge in [-0.1, -0.05) is 30.0 Å². The van der Waals surface area contributed by atoms with Crippen molar-refractivity contribution in [3.05, 3.63) is 65.4 Å². The lowest BCUT2D eigenvalue weighted by Crippen LogP contribution is -2.14. The molecule has 0 aliphatic carbocycles. The van der Waals surface area contributed by atoms with Crippen molar-refractivity contribution in [2.24, 2.45) is 5.73 Å². The van der Waals surface area contributed by atoms with Crippen molar-refractivity contribution in [1.29, 1.82) is 0 Å². The molecule has 3 aromatic rings. The highest BCUT2D eigenvalue weighted by atomic mass is 32.2. The number of thioether (sulfide) groups is 1. The van der Waals surface area contributed by atoms with E-state index in [9.17, 15) is 18.0 Å². The maximum Gasteiger partial charge on any atom is 0.416 e. The Morgan fingerprint density at radius 2 is 1.96 bits per heavy atom. The maximum atomic E-state index is 13.2. The number of nitrogens with zero attached hydrogens (tertiary/aromatic N) is 3. The second-order valence-electron chi connectivity index (χ2n) is 5.97. The van der Waals surface area contributed by atoms with Gasteiger partial charge in [0, 0.05) is 18.6 Å². The fourth-order valence-electron chi connectivity index (χ4n) is 2.63. The second kappa shape index (κ2) is 8.51. The lowest BCUT2D eigenvalue weighted by Gasteiger charge is -2.13. The second-order valence-corrected chi connectivity index (χ2v) is 6.92. The number of furan rings is 1. The zero-order chi connectivity index (χ0) is 20.1. The molecule has 0 spiro atoms. The molecule has 28 heavy (non-hydrogen) atoms. The minimum atomic E-state index is -4.42. The van der Waals surface area contributed by atoms with Crippen LogP contribution in [0.1, 0.15) is 29.1 Å². The molecule has 0 saturated heterocycles. The Hall–Kier alpha value is -2.75. The number of halogens is 3. The van der Waals surface area contributed by atoms with Crippen molar-refractivity contribution in [2.75, 3.05) is 0 Å². The van der Waals surface area contributed by atoms with E-state index in [2.05, 4.69) is 10.2 Å². The quantitative estimate of drug-likeness (QED) is 0.573. The molecular weight excluding hydrogens is 393 g/mol. The van der Waals surface area contributed by atoms with Gasteiger partial charge in [0.05, 0.1) is 18.4 Å². The Kier molecular flexibility index (Phi) is 6.08. The van der Waals surface area contributed by atoms with Crippen LogP contribution in [0, 0.1) is 0 Å². The normalized spacial score (nSPS) is 11.7. The maximum absolute atomic E-state index is 13.2. The van der Waals surface area contributed by atoms with Crippen LogP contribution in [-0.2, 0) is 29.7 Å². The average molecular weight is 410 g/mol. The number of rotatable bonds is 8. The van der Waals surface area contributed by atoms with Gasteiger partial charge >= 0.3 is 6.18 Å². The molecule has 0 unspecified atom stereocenters. The lowest BCUT2D eigenvalue weighted by atomic mass is 10.1. The molecule has 1 aromatic carbocycles. The summed E-state index contributed by atoms with van der Waals surface area (Å²) in [5, 5.41) is 8.59. The van der Waals surface area contributed by atoms with Crippen LogP contribution in [-0.4, -0.2) is 20.7 Å². The Morgan fingerprint density at radius 3 is 2.64 bits per heavy atom. The number of carbonyl (C=O) groups excluding carboxylic acids is 1. The van der Waals surface area contributed by atoms with Gasteiger partial charge in [-0.25, -0.2) is 0 Å². The van der Waals surface area contributed by atoms with Crippen molar-refractivity contribution in [1.82, 2.24) is 14.8 Å². The standard InChI is InChI=1S/C18H17F3N4O2S/c19-18(20,21)14-6-2-1-4-12(14)11-28-17-24-23-16(8-7-15(22)26)25(17)10-13-5-3-9-27-13/h1-6,9H,7-8,10-11H2,(H2,22,26). The SMILES string of the molecule is NC(=O)CCc1nnc(SCc2ccccc2C(F)(F)F)n1Cc1ccco1. The summed E-state index contributed by atoms with van der Waals surface area (Å²) in [4.78, 5) is 11.1. The van der Waals surface area contributed by atoms with Gasteiger partial charge in [-0.3, -0.25) is 9.36 Å². The number of hydrogen-bond acceptors (Lipinski definition) is 5. The molecule has 148 valence electrons. The van der Waals surface area contributed by atoms with Crippen LogP contribution in [0.3, 0.4) is 0 Å². The van der Waals surface area contributed by atoms with Crippen LogP contribution in [0.4, 0.5) is 13.2 Å². The summed E-state index contributed by atoms with van der Waals surface area (Å²) in [5.41, 5.74) is 4.68. The van der Waals surface area contributed by atoms with Gasteiger partial charge in [-0.05, 0) is 23.8 Å². The van der Waals surface area contributed by atoms with Crippen LogP contribution < -0.4 is 5.73 Å². The third kappa shape index (κ3) is 4.94. The molecule has 0 aliphatic rings. The van der Waals surface area contributed by atoms with E-state index in [4.69, 9.17) is 10.2 Å². The first-order chi connectivity index (χ1) is 13.3. The molecule has 6 nitrogen and oxygen atoms in total. The van der Waals surface area contributed by atoms with Gasteiger partial charge in [0.2, 0.25) is 5.91 Å². The molecule has 2 N–H and O–H groups in total. The van der Waals surface area contributed by atoms with E-state index in [0.29, 0.717) is 23.3 Å². The summed E-state index contributed by atoms with van der Waals surface area (Å²) in [7, 11) is 0. The van der Waals surface area contributed by atoms with E-state index in [1.54, 1.807) is 22.8 Å². The molecule has 1 amide bonds. The largest absolute Gasteiger partial charge is 0.467 e. The first-order valence-corrected chi connectivity index (χ1v) is 9.34. The molecule has 0 fully saturated rings. The first kappa shape index (κ1) is 20.0. The summed E-state index contributed by atoms with van der Waals surface area (Å²) in [5.74, 6) is 0.752. The van der Waals surface area contributed by atoms with Crippen molar-refractivity contribution in [3.8, 4) is 0 Å². The van der Waals surface area contributed by atoms with Gasteiger partial charge in [-0.2, -0.15) is 13.2 Å². The molecule has 0 saturated carbocycles. The molecule has 0 radical (unpaired) electrons. The number of amides is 1. The topological polar surface area (TPSA) is 86.9 Å². The summed E-state index contributed by atoms with van der Waals surface area (Å²) in [6, 6.07) is 8.93. The van der Waals surface area contributed by atoms with Gasteiger partial charge < -0.3 is 10.2 Å². The summed E-state index contributed by atoms with van der Waals surface area (Å²) < 4.78 is 46.6. The molecule has 2 heterocycles. The number of alkyl halides is 3. The van der Waals surface area contributed by atoms with Crippen molar-refractivity contribution >= 4 is 17.7 Å². The Morgan fingerprint density at radius 1 is 1.18 bits per heavy atom. The minimum Gasteiger partial charge on any atom is -0.467 e.